The highest BCUT2D eigenvalue weighted by Gasteiger charge is 2.66. The van der Waals surface area contributed by atoms with Crippen molar-refractivity contribution in [3.63, 3.8) is 0 Å². The summed E-state index contributed by atoms with van der Waals surface area (Å²) in [7, 11) is -42.5. The molecule has 0 amide bonds. The molecule has 1 fully saturated rings. The van der Waals surface area contributed by atoms with E-state index in [0.717, 1.165) is 0 Å². The zero-order chi connectivity index (χ0) is 63.0. The molecule has 12 aromatic carbocycles. The van der Waals surface area contributed by atoms with Gasteiger partial charge in [-0.15, -0.1) is 0 Å². The molecule has 20 heteroatoms. The van der Waals surface area contributed by atoms with Crippen LogP contribution in [-0.4, -0.2) is 33.3 Å². The molecule has 0 unspecified atom stereocenters. The zero-order valence-electron chi connectivity index (χ0n) is 49.3. The molecule has 0 N–H and O–H groups in total. The minimum Gasteiger partial charge on any atom is -0.314 e. The minimum atomic E-state index is -6.13. The Labute approximate surface area is 539 Å². The smallest absolute Gasteiger partial charge is 0.314 e. The van der Waals surface area contributed by atoms with Crippen LogP contribution in [0.1, 0.15) is 0 Å². The van der Waals surface area contributed by atoms with Crippen LogP contribution in [-0.2, 0) is 52.4 Å². The highest BCUT2D eigenvalue weighted by Crippen LogP contribution is 2.84. The van der Waals surface area contributed by atoms with E-state index in [1.165, 1.54) is 0 Å². The lowest BCUT2D eigenvalue weighted by Gasteiger charge is -2.42. The minimum absolute atomic E-state index is 0.511. The first-order chi connectivity index (χ1) is 44.9. The van der Waals surface area contributed by atoms with Gasteiger partial charge in [0.15, 0.2) is 0 Å². The first-order valence-corrected chi connectivity index (χ1v) is 43.1. The molecule has 1 aliphatic heterocycles. The summed E-state index contributed by atoms with van der Waals surface area (Å²) in [5, 5.41) is 6.13. The summed E-state index contributed by atoms with van der Waals surface area (Å²) < 4.78 is 129. The fourth-order valence-electron chi connectivity index (χ4n) is 12.1. The average molecular weight is 1350 g/mol. The van der Waals surface area contributed by atoms with Gasteiger partial charge in [-0.3, -0.25) is 0 Å². The molecule has 1 saturated heterocycles. The molecule has 0 radical (unpaired) electrons. The lowest BCUT2D eigenvalue weighted by Crippen LogP contribution is -2.69. The van der Waals surface area contributed by atoms with Crippen molar-refractivity contribution in [1.29, 1.82) is 0 Å². The number of phosphoric acid groups is 4. The second-order valence-corrected chi connectivity index (χ2v) is 43.1. The van der Waals surface area contributed by atoms with Gasteiger partial charge in [-0.2, -0.15) is 17.2 Å². The fraction of sp³-hybridized carbons (Fsp3) is 0. The van der Waals surface area contributed by atoms with E-state index in [9.17, 15) is 0 Å². The van der Waals surface area contributed by atoms with E-state index in [1.54, 1.807) is 0 Å². The van der Waals surface area contributed by atoms with Crippen LogP contribution in [0.2, 0.25) is 0 Å². The monoisotopic (exact) mass is 1350 g/mol. The first-order valence-electron chi connectivity index (χ1n) is 29.7. The van der Waals surface area contributed by atoms with Crippen molar-refractivity contribution < 1.29 is 52.4 Å². The van der Waals surface area contributed by atoms with Crippen molar-refractivity contribution in [2.75, 3.05) is 0 Å². The Bertz CT molecular complexity index is 3600. The summed E-state index contributed by atoms with van der Waals surface area (Å²) in [4.78, 5) is 0. The van der Waals surface area contributed by atoms with Crippen LogP contribution in [0.4, 0.5) is 0 Å². The van der Waals surface area contributed by atoms with Crippen LogP contribution in [0, 0.1) is 0 Å². The van der Waals surface area contributed by atoms with Crippen molar-refractivity contribution in [1.82, 2.24) is 0 Å². The van der Waals surface area contributed by atoms with Crippen LogP contribution >= 0.6 is 31.3 Å². The standard InChI is InChI=1S/C72H60O12P4Si4/c73-85(81-89(61-37-13-1-14-38-61,62-39-15-2-16-40-62)63-41-17-3-18-42-63)77-86(74,82-90(64-43-19-4-20-44-64,65-45-21-5-22-46-65)66-47-23-6-24-48-66)79-88(76,84-92(70-55-31-10-32-56-70,71-57-33-11-34-58-71)72-59-35-12-36-60-72)80-87(75,78-85)83-91(67-49-25-7-26-50-67,68-51-27-8-28-52-68)69-53-29-9-30-54-69/h1-60H. The van der Waals surface area contributed by atoms with Crippen LogP contribution in [0.3, 0.4) is 0 Å². The second-order valence-electron chi connectivity index (χ2n) is 21.6. The maximum absolute atomic E-state index is 17.9. The van der Waals surface area contributed by atoms with Crippen molar-refractivity contribution >= 4 is 127 Å². The molecule has 0 bridgehead atoms. The summed E-state index contributed by atoms with van der Waals surface area (Å²) in [6.07, 6.45) is 0. The van der Waals surface area contributed by atoms with E-state index < -0.39 is 64.6 Å². The van der Waals surface area contributed by atoms with E-state index in [2.05, 4.69) is 0 Å². The van der Waals surface area contributed by atoms with Crippen molar-refractivity contribution in [3.8, 4) is 0 Å². The fourth-order valence-corrected chi connectivity index (χ4v) is 43.4. The van der Waals surface area contributed by atoms with Crippen molar-refractivity contribution in [2.24, 2.45) is 0 Å². The van der Waals surface area contributed by atoms with Gasteiger partial charge in [0.1, 0.15) is 0 Å². The maximum atomic E-state index is 17.9. The van der Waals surface area contributed by atoms with Gasteiger partial charge in [-0.25, -0.2) is 18.3 Å². The van der Waals surface area contributed by atoms with Gasteiger partial charge < -0.3 is 16.9 Å². The SMILES string of the molecule is O=P1(O[Si](c2ccccc2)(c2ccccc2)c2ccccc2)OP(=O)(O[Si](c2ccccc2)(c2ccccc2)c2ccccc2)OP(=O)(O[Si](c2ccccc2)(c2ccccc2)c2ccccc2)OP(=O)(O[Si](c2ccccc2)(c2ccccc2)c2ccccc2)O1. The molecule has 12 nitrogen and oxygen atoms in total. The Morgan fingerprint density at radius 1 is 0.163 bits per heavy atom. The largest absolute Gasteiger partial charge is 0.483 e. The summed E-state index contributed by atoms with van der Waals surface area (Å²) in [5.74, 6) is 0. The second kappa shape index (κ2) is 27.0. The third-order valence-corrected chi connectivity index (χ3v) is 44.1. The predicted molar refractivity (Wildman–Crippen MR) is 375 cm³/mol. The van der Waals surface area contributed by atoms with Gasteiger partial charge >= 0.3 is 64.6 Å². The van der Waals surface area contributed by atoms with Gasteiger partial charge in [0.25, 0.3) is 0 Å². The molecule has 456 valence electrons. The summed E-state index contributed by atoms with van der Waals surface area (Å²) in [6.45, 7) is 0. The van der Waals surface area contributed by atoms with E-state index in [-0.39, 0.29) is 0 Å². The van der Waals surface area contributed by atoms with Gasteiger partial charge in [0.05, 0.1) is 0 Å². The molecule has 0 aromatic heterocycles. The van der Waals surface area contributed by atoms with E-state index in [0.29, 0.717) is 62.2 Å². The molecule has 1 heterocycles. The van der Waals surface area contributed by atoms with Crippen LogP contribution in [0.25, 0.3) is 0 Å². The first kappa shape index (κ1) is 62.9. The van der Waals surface area contributed by atoms with Gasteiger partial charge in [0.2, 0.25) is 0 Å². The Kier molecular flexibility index (Phi) is 18.4. The molecule has 1 aliphatic rings. The highest BCUT2D eigenvalue weighted by atomic mass is 31.3. The lowest BCUT2D eigenvalue weighted by atomic mass is 10.3. The average Bonchev–Trinajstić information content (AvgIpc) is 0.727. The number of hydrogen-bond acceptors (Lipinski definition) is 12. The van der Waals surface area contributed by atoms with Crippen molar-refractivity contribution in [3.05, 3.63) is 364 Å². The molecule has 0 saturated carbocycles. The molecule has 0 aliphatic carbocycles. The Hall–Kier alpha value is -7.89. The summed E-state index contributed by atoms with van der Waals surface area (Å²) in [5.41, 5.74) is 0. The molecular formula is C72H60O12P4Si4. The van der Waals surface area contributed by atoms with Crippen LogP contribution in [0.15, 0.2) is 364 Å². The van der Waals surface area contributed by atoms with Gasteiger partial charge in [-0.1, -0.05) is 364 Å². The van der Waals surface area contributed by atoms with Crippen LogP contribution in [0.5, 0.6) is 0 Å². The summed E-state index contributed by atoms with van der Waals surface area (Å²) >= 11 is 0. The molecule has 13 rings (SSSR count). The molecule has 92 heavy (non-hydrogen) atoms. The predicted octanol–water partition coefficient (Wildman–Crippen LogP) is 11.2. The van der Waals surface area contributed by atoms with Crippen LogP contribution < -0.4 is 62.2 Å². The Morgan fingerprint density at radius 3 is 0.337 bits per heavy atom. The number of hydrogen-bond donors (Lipinski definition) is 0. The van der Waals surface area contributed by atoms with E-state index in [4.69, 9.17) is 34.1 Å². The Balaban J connectivity index is 1.14. The Morgan fingerprint density at radius 2 is 0.250 bits per heavy atom. The number of benzene rings is 12. The summed E-state index contributed by atoms with van der Waals surface area (Å²) in [6, 6.07) is 109. The molecule has 12 aromatic rings. The third kappa shape index (κ3) is 12.5. The topological polar surface area (TPSA) is 142 Å². The lowest BCUT2D eigenvalue weighted by molar-refractivity contribution is 0.175. The molecule has 0 spiro atoms. The normalized spacial score (nSPS) is 19.7. The highest BCUT2D eigenvalue weighted by molar-refractivity contribution is 7.77. The van der Waals surface area contributed by atoms with E-state index >= 15 is 18.3 Å². The third-order valence-electron chi connectivity index (χ3n) is 16.0. The quantitative estimate of drug-likeness (QED) is 0.0407. The molecule has 0 atom stereocenters. The maximum Gasteiger partial charge on any atom is 0.483 e. The van der Waals surface area contributed by atoms with E-state index in [1.807, 2.05) is 364 Å². The molecular weight excluding hydrogens is 1290 g/mol. The van der Waals surface area contributed by atoms with Gasteiger partial charge in [0, 0.05) is 0 Å². The zero-order valence-corrected chi connectivity index (χ0v) is 56.9. The number of rotatable bonds is 20. The van der Waals surface area contributed by atoms with Crippen molar-refractivity contribution in [2.45, 2.75) is 0 Å². The van der Waals surface area contributed by atoms with Gasteiger partial charge in [-0.05, 0) is 62.2 Å².